The van der Waals surface area contributed by atoms with E-state index in [-0.39, 0.29) is 36.7 Å². The summed E-state index contributed by atoms with van der Waals surface area (Å²) < 4.78 is 0. The van der Waals surface area contributed by atoms with Crippen LogP contribution in [0.25, 0.3) is 0 Å². The maximum atomic E-state index is 5.75. The third kappa shape index (κ3) is 11.2. The van der Waals surface area contributed by atoms with Crippen LogP contribution in [-0.2, 0) is 0 Å². The van der Waals surface area contributed by atoms with Crippen molar-refractivity contribution in [1.82, 2.24) is 0 Å². The van der Waals surface area contributed by atoms with Gasteiger partial charge in [-0.05, 0) is 18.6 Å². The molecule has 0 spiro atoms. The summed E-state index contributed by atoms with van der Waals surface area (Å²) in [6.07, 6.45) is 6.02. The van der Waals surface area contributed by atoms with E-state index in [0.29, 0.717) is 6.54 Å². The van der Waals surface area contributed by atoms with Crippen molar-refractivity contribution in [1.29, 1.82) is 0 Å². The molecular weight excluding hydrogens is 321 g/mol. The number of nitrogens with two attached hydrogens (primary N) is 2. The Hall–Kier alpha value is -1.46. The summed E-state index contributed by atoms with van der Waals surface area (Å²) in [7, 11) is 0. The summed E-state index contributed by atoms with van der Waals surface area (Å²) in [5.41, 5.74) is 12.3. The van der Waals surface area contributed by atoms with Crippen LogP contribution < -0.4 is 16.8 Å². The van der Waals surface area contributed by atoms with E-state index < -0.39 is 0 Å². The molecule has 0 aliphatic carbocycles. The zero-order valence-electron chi connectivity index (χ0n) is 13.0. The Labute approximate surface area is 145 Å². The summed E-state index contributed by atoms with van der Waals surface area (Å²) in [5, 5.41) is 2.96. The first kappa shape index (κ1) is 22.8. The molecule has 0 aromatic heterocycles. The number of para-hydroxylation sites is 1. The zero-order valence-corrected chi connectivity index (χ0v) is 14.6. The van der Waals surface area contributed by atoms with Gasteiger partial charge in [0.1, 0.15) is 0 Å². The molecule has 5 nitrogen and oxygen atoms in total. The third-order valence-electron chi connectivity index (χ3n) is 2.82. The number of anilines is 1. The van der Waals surface area contributed by atoms with Gasteiger partial charge in [-0.15, -0.1) is 24.8 Å². The molecule has 1 rings (SSSR count). The minimum atomic E-state index is 0. The van der Waals surface area contributed by atoms with Gasteiger partial charge in [-0.1, -0.05) is 50.8 Å². The molecule has 0 radical (unpaired) electrons. The number of unbranched alkanes of at least 4 members (excludes halogenated alkanes) is 4. The van der Waals surface area contributed by atoms with Crippen molar-refractivity contribution in [3.63, 3.8) is 0 Å². The summed E-state index contributed by atoms with van der Waals surface area (Å²) in [4.78, 5) is 8.21. The van der Waals surface area contributed by atoms with Crippen molar-refractivity contribution in [3.8, 4) is 0 Å². The van der Waals surface area contributed by atoms with Crippen LogP contribution in [0.15, 0.2) is 40.3 Å². The minimum absolute atomic E-state index is 0. The van der Waals surface area contributed by atoms with E-state index in [4.69, 9.17) is 11.5 Å². The van der Waals surface area contributed by atoms with Gasteiger partial charge < -0.3 is 16.8 Å². The SMILES string of the molecule is CCCCCCCN=C(N)/N=C(\N)Nc1ccccc1.Cl.Cl. The van der Waals surface area contributed by atoms with Crippen molar-refractivity contribution in [3.05, 3.63) is 30.3 Å². The lowest BCUT2D eigenvalue weighted by Crippen LogP contribution is -2.26. The van der Waals surface area contributed by atoms with Gasteiger partial charge in [-0.25, -0.2) is 0 Å². The fraction of sp³-hybridized carbons (Fsp3) is 0.467. The zero-order chi connectivity index (χ0) is 14.6. The molecule has 0 aliphatic rings. The van der Waals surface area contributed by atoms with E-state index in [9.17, 15) is 0 Å². The van der Waals surface area contributed by atoms with E-state index in [0.717, 1.165) is 12.1 Å². The number of nitrogens with zero attached hydrogens (tertiary/aromatic N) is 2. The predicted octanol–water partition coefficient (Wildman–Crippen LogP) is 3.54. The molecule has 1 aromatic rings. The highest BCUT2D eigenvalue weighted by Gasteiger charge is 1.95. The second kappa shape index (κ2) is 14.5. The molecule has 126 valence electrons. The molecule has 0 aliphatic heterocycles. The van der Waals surface area contributed by atoms with Crippen molar-refractivity contribution >= 4 is 42.4 Å². The molecule has 1 aromatic carbocycles. The monoisotopic (exact) mass is 347 g/mol. The number of hydrogen-bond donors (Lipinski definition) is 3. The number of guanidine groups is 2. The predicted molar refractivity (Wildman–Crippen MR) is 101 cm³/mol. The standard InChI is InChI=1S/C15H25N5.2ClH/c1-2-3-4-5-9-12-18-14(16)20-15(17)19-13-10-7-6-8-11-13;;/h6-8,10-11H,2-5,9,12H2,1H3,(H5,16,17,18,19,20);2*1H. The van der Waals surface area contributed by atoms with Crippen LogP contribution in [0.3, 0.4) is 0 Å². The Morgan fingerprint density at radius 1 is 1.00 bits per heavy atom. The van der Waals surface area contributed by atoms with Gasteiger partial charge in [0.15, 0.2) is 0 Å². The topological polar surface area (TPSA) is 88.8 Å². The Balaban J connectivity index is 0. The van der Waals surface area contributed by atoms with Gasteiger partial charge in [0.25, 0.3) is 0 Å². The maximum absolute atomic E-state index is 5.75. The lowest BCUT2D eigenvalue weighted by molar-refractivity contribution is 0.638. The van der Waals surface area contributed by atoms with Crippen LogP contribution in [0.5, 0.6) is 0 Å². The van der Waals surface area contributed by atoms with Crippen LogP contribution in [0, 0.1) is 0 Å². The first-order valence-corrected chi connectivity index (χ1v) is 7.18. The van der Waals surface area contributed by atoms with Crippen LogP contribution in [-0.4, -0.2) is 18.5 Å². The van der Waals surface area contributed by atoms with Crippen LogP contribution >= 0.6 is 24.8 Å². The molecule has 22 heavy (non-hydrogen) atoms. The fourth-order valence-electron chi connectivity index (χ4n) is 1.77. The molecule has 0 amide bonds. The largest absolute Gasteiger partial charge is 0.369 e. The number of rotatable bonds is 7. The molecule has 0 unspecified atom stereocenters. The number of nitrogens with one attached hydrogen (secondary N) is 1. The number of aliphatic imine (C=N–C) groups is 2. The van der Waals surface area contributed by atoms with Gasteiger partial charge in [-0.2, -0.15) is 4.99 Å². The van der Waals surface area contributed by atoms with Crippen LogP contribution in [0.4, 0.5) is 5.69 Å². The molecule has 0 bridgehead atoms. The molecule has 0 saturated carbocycles. The molecule has 0 atom stereocenters. The molecule has 0 saturated heterocycles. The summed E-state index contributed by atoms with van der Waals surface area (Å²) in [6, 6.07) is 9.59. The summed E-state index contributed by atoms with van der Waals surface area (Å²) in [6.45, 7) is 2.91. The fourth-order valence-corrected chi connectivity index (χ4v) is 1.77. The first-order valence-electron chi connectivity index (χ1n) is 7.18. The molecule has 7 heteroatoms. The maximum Gasteiger partial charge on any atom is 0.218 e. The lowest BCUT2D eigenvalue weighted by atomic mass is 10.2. The summed E-state index contributed by atoms with van der Waals surface area (Å²) >= 11 is 0. The Bertz CT molecular complexity index is 435. The number of halogens is 2. The van der Waals surface area contributed by atoms with E-state index in [1.807, 2.05) is 30.3 Å². The average molecular weight is 348 g/mol. The van der Waals surface area contributed by atoms with Gasteiger partial charge >= 0.3 is 0 Å². The molecule has 0 heterocycles. The van der Waals surface area contributed by atoms with Crippen molar-refractivity contribution in [2.45, 2.75) is 39.0 Å². The average Bonchev–Trinajstić information content (AvgIpc) is 2.43. The van der Waals surface area contributed by atoms with Crippen molar-refractivity contribution in [2.24, 2.45) is 21.5 Å². The third-order valence-corrected chi connectivity index (χ3v) is 2.82. The van der Waals surface area contributed by atoms with Gasteiger partial charge in [0.05, 0.1) is 0 Å². The van der Waals surface area contributed by atoms with Gasteiger partial charge in [-0.3, -0.25) is 4.99 Å². The highest BCUT2D eigenvalue weighted by atomic mass is 35.5. The number of hydrogen-bond acceptors (Lipinski definition) is 1. The normalized spacial score (nSPS) is 11.3. The van der Waals surface area contributed by atoms with Crippen LogP contribution in [0.2, 0.25) is 0 Å². The van der Waals surface area contributed by atoms with E-state index in [1.54, 1.807) is 0 Å². The Morgan fingerprint density at radius 2 is 1.64 bits per heavy atom. The first-order chi connectivity index (χ1) is 9.72. The molecular formula is C15H27Cl2N5. The number of benzene rings is 1. The van der Waals surface area contributed by atoms with Gasteiger partial charge in [0, 0.05) is 12.2 Å². The quantitative estimate of drug-likeness (QED) is 0.400. The minimum Gasteiger partial charge on any atom is -0.369 e. The van der Waals surface area contributed by atoms with E-state index >= 15 is 0 Å². The molecule has 0 fully saturated rings. The van der Waals surface area contributed by atoms with Crippen molar-refractivity contribution in [2.75, 3.05) is 11.9 Å². The second-order valence-corrected chi connectivity index (χ2v) is 4.64. The van der Waals surface area contributed by atoms with E-state index in [1.165, 1.54) is 25.7 Å². The van der Waals surface area contributed by atoms with Crippen molar-refractivity contribution < 1.29 is 0 Å². The summed E-state index contributed by atoms with van der Waals surface area (Å²) in [5.74, 6) is 0.477. The van der Waals surface area contributed by atoms with Crippen LogP contribution in [0.1, 0.15) is 39.0 Å². The smallest absolute Gasteiger partial charge is 0.218 e. The van der Waals surface area contributed by atoms with E-state index in [2.05, 4.69) is 22.2 Å². The highest BCUT2D eigenvalue weighted by molar-refractivity contribution is 6.00. The Morgan fingerprint density at radius 3 is 2.27 bits per heavy atom. The Kier molecular flexibility index (Phi) is 15.0. The van der Waals surface area contributed by atoms with Gasteiger partial charge in [0.2, 0.25) is 11.9 Å². The highest BCUT2D eigenvalue weighted by Crippen LogP contribution is 2.04. The molecule has 5 N–H and O–H groups in total. The second-order valence-electron chi connectivity index (χ2n) is 4.64. The lowest BCUT2D eigenvalue weighted by Gasteiger charge is -2.04.